The van der Waals surface area contributed by atoms with Crippen molar-refractivity contribution in [2.75, 3.05) is 6.61 Å². The average Bonchev–Trinajstić information content (AvgIpc) is 3.50. The lowest BCUT2D eigenvalue weighted by atomic mass is 9.73. The van der Waals surface area contributed by atoms with Gasteiger partial charge in [-0.15, -0.1) is 0 Å². The SMILES string of the molecule is C=C1CC(=O)/C=C(/C)C[C@@H]2OC(=O)[C@]3(O[C@@H]23)[C@H]2C[C@@H]([C@@]3(C)CO3)[C@H](O)[C@]1(O)O2. The van der Waals surface area contributed by atoms with Crippen LogP contribution in [0.25, 0.3) is 0 Å². The third-order valence-corrected chi connectivity index (χ3v) is 6.86. The standard InChI is InChI=1S/C20H24O8/c1-9-4-11(21)6-10(2)20(24)15(22)12(18(3)8-25-18)7-14(27-20)19-16(28-19)13(5-9)26-17(19)23/h4,12-16,22,24H,2,5-8H2,1,3H3/b9-4-/t12-,13+,14-,15+,16+,18-,19+,20-/m1/s1. The minimum absolute atomic E-state index is 0.0464. The normalized spacial score (nSPS) is 54.6. The number of allylic oxidation sites excluding steroid dienone is 1. The van der Waals surface area contributed by atoms with Gasteiger partial charge in [-0.2, -0.15) is 0 Å². The molecule has 2 N–H and O–H groups in total. The van der Waals surface area contributed by atoms with Crippen LogP contribution < -0.4 is 0 Å². The molecule has 5 aliphatic rings. The number of esters is 1. The highest BCUT2D eigenvalue weighted by Crippen LogP contribution is 2.58. The lowest BCUT2D eigenvalue weighted by molar-refractivity contribution is -0.306. The summed E-state index contributed by atoms with van der Waals surface area (Å²) in [5.74, 6) is -3.51. The first-order chi connectivity index (χ1) is 13.1. The van der Waals surface area contributed by atoms with Crippen molar-refractivity contribution in [3.05, 3.63) is 23.8 Å². The lowest BCUT2D eigenvalue weighted by Gasteiger charge is -2.47. The van der Waals surface area contributed by atoms with Gasteiger partial charge in [0.25, 0.3) is 0 Å². The van der Waals surface area contributed by atoms with Crippen LogP contribution in [0, 0.1) is 5.92 Å². The van der Waals surface area contributed by atoms with Crippen LogP contribution in [0.15, 0.2) is 23.8 Å². The van der Waals surface area contributed by atoms with Crippen molar-refractivity contribution < 1.29 is 38.7 Å². The number of carbonyl (C=O) groups excluding carboxylic acids is 2. The molecule has 28 heavy (non-hydrogen) atoms. The van der Waals surface area contributed by atoms with Crippen LogP contribution in [0.4, 0.5) is 0 Å². The molecule has 4 bridgehead atoms. The molecule has 4 saturated heterocycles. The summed E-state index contributed by atoms with van der Waals surface area (Å²) in [6.07, 6.45) is -1.30. The van der Waals surface area contributed by atoms with Crippen LogP contribution in [0.3, 0.4) is 0 Å². The van der Waals surface area contributed by atoms with E-state index in [4.69, 9.17) is 18.9 Å². The molecule has 5 rings (SSSR count). The molecule has 0 aromatic heterocycles. The summed E-state index contributed by atoms with van der Waals surface area (Å²) < 4.78 is 22.7. The molecule has 152 valence electrons. The molecule has 8 heteroatoms. The lowest BCUT2D eigenvalue weighted by Crippen LogP contribution is -2.63. The summed E-state index contributed by atoms with van der Waals surface area (Å²) in [6.45, 7) is 7.88. The monoisotopic (exact) mass is 392 g/mol. The number of ketones is 1. The van der Waals surface area contributed by atoms with Gasteiger partial charge in [0, 0.05) is 18.8 Å². The molecule has 0 unspecified atom stereocenters. The molecule has 0 saturated carbocycles. The first-order valence-corrected chi connectivity index (χ1v) is 9.59. The van der Waals surface area contributed by atoms with Gasteiger partial charge in [-0.25, -0.2) is 4.79 Å². The van der Waals surface area contributed by atoms with Crippen molar-refractivity contribution in [1.29, 1.82) is 0 Å². The molecular formula is C20H24O8. The van der Waals surface area contributed by atoms with Gasteiger partial charge in [0.1, 0.15) is 24.4 Å². The topological polar surface area (TPSA) is 118 Å². The Kier molecular flexibility index (Phi) is 3.63. The third-order valence-electron chi connectivity index (χ3n) is 6.86. The minimum Gasteiger partial charge on any atom is -0.457 e. The number of rotatable bonds is 1. The van der Waals surface area contributed by atoms with E-state index in [9.17, 15) is 19.8 Å². The van der Waals surface area contributed by atoms with Gasteiger partial charge in [0.2, 0.25) is 11.4 Å². The van der Waals surface area contributed by atoms with E-state index in [-0.39, 0.29) is 24.2 Å². The number of carbonyl (C=O) groups is 2. The second-order valence-electron chi connectivity index (χ2n) is 8.91. The van der Waals surface area contributed by atoms with Crippen molar-refractivity contribution >= 4 is 11.8 Å². The van der Waals surface area contributed by atoms with E-state index in [1.807, 2.05) is 6.92 Å². The van der Waals surface area contributed by atoms with Crippen molar-refractivity contribution in [2.24, 2.45) is 5.92 Å². The smallest absolute Gasteiger partial charge is 0.344 e. The molecule has 0 aliphatic carbocycles. The summed E-state index contributed by atoms with van der Waals surface area (Å²) in [5.41, 5.74) is -1.15. The molecule has 5 heterocycles. The van der Waals surface area contributed by atoms with Crippen LogP contribution in [0.2, 0.25) is 0 Å². The fourth-order valence-electron chi connectivity index (χ4n) is 5.00. The summed E-state index contributed by atoms with van der Waals surface area (Å²) >= 11 is 0. The highest BCUT2D eigenvalue weighted by atomic mass is 16.7. The van der Waals surface area contributed by atoms with E-state index in [1.165, 1.54) is 6.08 Å². The predicted molar refractivity (Wildman–Crippen MR) is 92.9 cm³/mol. The van der Waals surface area contributed by atoms with E-state index in [0.29, 0.717) is 13.0 Å². The van der Waals surface area contributed by atoms with Gasteiger partial charge >= 0.3 is 5.97 Å². The quantitative estimate of drug-likeness (QED) is 0.368. The fraction of sp³-hybridized carbons (Fsp3) is 0.700. The Morgan fingerprint density at radius 3 is 2.64 bits per heavy atom. The minimum atomic E-state index is -2.19. The van der Waals surface area contributed by atoms with Gasteiger partial charge in [0.05, 0.1) is 12.2 Å². The molecule has 4 fully saturated rings. The number of epoxide rings is 2. The fourth-order valence-corrected chi connectivity index (χ4v) is 5.00. The van der Waals surface area contributed by atoms with E-state index >= 15 is 0 Å². The van der Waals surface area contributed by atoms with Gasteiger partial charge in [-0.1, -0.05) is 12.2 Å². The number of aliphatic hydroxyl groups excluding tert-OH is 1. The Balaban J connectivity index is 1.60. The number of hydrogen-bond donors (Lipinski definition) is 2. The van der Waals surface area contributed by atoms with Crippen LogP contribution in [0.1, 0.15) is 33.1 Å². The summed E-state index contributed by atoms with van der Waals surface area (Å²) in [7, 11) is 0. The van der Waals surface area contributed by atoms with Crippen LogP contribution in [0.5, 0.6) is 0 Å². The zero-order valence-electron chi connectivity index (χ0n) is 15.8. The second kappa shape index (κ2) is 5.52. The molecule has 8 nitrogen and oxygen atoms in total. The largest absolute Gasteiger partial charge is 0.457 e. The Bertz CT molecular complexity index is 813. The van der Waals surface area contributed by atoms with Crippen LogP contribution in [-0.2, 0) is 28.5 Å². The Labute approximate surface area is 162 Å². The highest BCUT2D eigenvalue weighted by Gasteiger charge is 2.79. The number of ether oxygens (including phenoxy) is 4. The van der Waals surface area contributed by atoms with E-state index in [0.717, 1.165) is 5.57 Å². The van der Waals surface area contributed by atoms with Crippen molar-refractivity contribution in [2.45, 2.75) is 74.5 Å². The summed E-state index contributed by atoms with van der Waals surface area (Å²) in [4.78, 5) is 25.2. The van der Waals surface area contributed by atoms with Gasteiger partial charge in [0.15, 0.2) is 5.78 Å². The molecule has 0 spiro atoms. The van der Waals surface area contributed by atoms with Crippen molar-refractivity contribution in [1.82, 2.24) is 0 Å². The second-order valence-corrected chi connectivity index (χ2v) is 8.91. The number of aliphatic hydroxyl groups is 2. The maximum atomic E-state index is 12.7. The maximum Gasteiger partial charge on any atom is 0.344 e. The molecule has 0 radical (unpaired) electrons. The predicted octanol–water partition coefficient (Wildman–Crippen LogP) is 0.158. The summed E-state index contributed by atoms with van der Waals surface area (Å²) in [5, 5.41) is 22.3. The molecule has 8 atom stereocenters. The number of hydrogen-bond acceptors (Lipinski definition) is 8. The Morgan fingerprint density at radius 1 is 1.29 bits per heavy atom. The molecular weight excluding hydrogens is 368 g/mol. The first kappa shape index (κ1) is 18.4. The third kappa shape index (κ3) is 2.35. The molecule has 5 aliphatic heterocycles. The molecule has 0 aromatic carbocycles. The van der Waals surface area contributed by atoms with Gasteiger partial charge < -0.3 is 29.2 Å². The highest BCUT2D eigenvalue weighted by molar-refractivity contribution is 5.92. The Morgan fingerprint density at radius 2 is 2.00 bits per heavy atom. The first-order valence-electron chi connectivity index (χ1n) is 9.59. The van der Waals surface area contributed by atoms with Crippen LogP contribution >= 0.6 is 0 Å². The van der Waals surface area contributed by atoms with Crippen molar-refractivity contribution in [3.8, 4) is 0 Å². The zero-order chi connectivity index (χ0) is 20.1. The van der Waals surface area contributed by atoms with Gasteiger partial charge in [-0.3, -0.25) is 4.79 Å². The summed E-state index contributed by atoms with van der Waals surface area (Å²) in [6, 6.07) is 0. The number of fused-ring (bicyclic) bond motifs is 2. The maximum absolute atomic E-state index is 12.7. The van der Waals surface area contributed by atoms with E-state index in [2.05, 4.69) is 6.58 Å². The van der Waals surface area contributed by atoms with Crippen LogP contribution in [-0.4, -0.2) is 70.0 Å². The molecule has 0 amide bonds. The average molecular weight is 392 g/mol. The van der Waals surface area contributed by atoms with E-state index in [1.54, 1.807) is 6.92 Å². The zero-order valence-corrected chi connectivity index (χ0v) is 15.8. The van der Waals surface area contributed by atoms with Gasteiger partial charge in [-0.05, 0) is 31.9 Å². The van der Waals surface area contributed by atoms with E-state index < -0.39 is 53.3 Å². The van der Waals surface area contributed by atoms with Crippen molar-refractivity contribution in [3.63, 3.8) is 0 Å². The molecule has 0 aromatic rings. The Hall–Kier alpha value is -1.58.